The minimum Gasteiger partial charge on any atom is -0.481 e. The molecule has 0 spiro atoms. The Morgan fingerprint density at radius 2 is 2.14 bits per heavy atom. The topological polar surface area (TPSA) is 61.4 Å². The lowest BCUT2D eigenvalue weighted by Crippen LogP contribution is -2.34. The Kier molecular flexibility index (Phi) is 2.26. The predicted molar refractivity (Wildman–Crippen MR) is 54.6 cm³/mol. The summed E-state index contributed by atoms with van der Waals surface area (Å²) in [6, 6.07) is 7.76. The molecular weight excluding hydrogens is 180 g/mol. The number of carbonyl (C=O) groups is 1. The zero-order chi connectivity index (χ0) is 9.97. The Morgan fingerprint density at radius 1 is 1.43 bits per heavy atom. The Hall–Kier alpha value is -1.71. The van der Waals surface area contributed by atoms with Crippen molar-refractivity contribution in [3.05, 3.63) is 24.3 Å². The van der Waals surface area contributed by atoms with Gasteiger partial charge in [0.1, 0.15) is 0 Å². The lowest BCUT2D eigenvalue weighted by molar-refractivity contribution is -0.137. The number of aliphatic carboxylic acids is 1. The number of anilines is 2. The van der Waals surface area contributed by atoms with Gasteiger partial charge in [-0.1, -0.05) is 12.1 Å². The van der Waals surface area contributed by atoms with Gasteiger partial charge in [-0.3, -0.25) is 4.79 Å². The first-order valence-electron chi connectivity index (χ1n) is 4.57. The maximum absolute atomic E-state index is 10.5. The first-order chi connectivity index (χ1) is 6.75. The van der Waals surface area contributed by atoms with E-state index in [4.69, 9.17) is 5.11 Å². The fraction of sp³-hybridized carbons (Fsp3) is 0.300. The summed E-state index contributed by atoms with van der Waals surface area (Å²) in [4.78, 5) is 10.5. The molecule has 1 heterocycles. The maximum Gasteiger partial charge on any atom is 0.305 e. The second-order valence-electron chi connectivity index (χ2n) is 3.37. The highest BCUT2D eigenvalue weighted by Gasteiger charge is 2.18. The van der Waals surface area contributed by atoms with Crippen molar-refractivity contribution in [3.8, 4) is 0 Å². The van der Waals surface area contributed by atoms with Crippen molar-refractivity contribution >= 4 is 17.3 Å². The van der Waals surface area contributed by atoms with Crippen LogP contribution in [0.25, 0.3) is 0 Å². The molecular formula is C10H12N2O2. The molecule has 2 rings (SSSR count). The molecule has 1 aromatic carbocycles. The molecule has 3 N–H and O–H groups in total. The molecule has 1 aliphatic heterocycles. The summed E-state index contributed by atoms with van der Waals surface area (Å²) in [7, 11) is 0. The number of rotatable bonds is 2. The molecule has 0 bridgehead atoms. The van der Waals surface area contributed by atoms with E-state index in [-0.39, 0.29) is 12.5 Å². The Morgan fingerprint density at radius 3 is 2.86 bits per heavy atom. The Bertz CT molecular complexity index is 352. The summed E-state index contributed by atoms with van der Waals surface area (Å²) < 4.78 is 0. The number of fused-ring (bicyclic) bond motifs is 1. The van der Waals surface area contributed by atoms with Gasteiger partial charge in [-0.15, -0.1) is 0 Å². The quantitative estimate of drug-likeness (QED) is 0.662. The summed E-state index contributed by atoms with van der Waals surface area (Å²) in [5.41, 5.74) is 2.01. The van der Waals surface area contributed by atoms with Gasteiger partial charge in [0, 0.05) is 6.54 Å². The zero-order valence-electron chi connectivity index (χ0n) is 7.66. The van der Waals surface area contributed by atoms with Crippen LogP contribution < -0.4 is 10.6 Å². The third-order valence-corrected chi connectivity index (χ3v) is 2.25. The first kappa shape index (κ1) is 8.87. The summed E-state index contributed by atoms with van der Waals surface area (Å²) in [6.45, 7) is 0.656. The van der Waals surface area contributed by atoms with E-state index < -0.39 is 5.97 Å². The van der Waals surface area contributed by atoms with Crippen molar-refractivity contribution in [1.29, 1.82) is 0 Å². The van der Waals surface area contributed by atoms with E-state index in [0.717, 1.165) is 11.4 Å². The number of hydrogen-bond acceptors (Lipinski definition) is 3. The molecule has 0 saturated heterocycles. The van der Waals surface area contributed by atoms with Crippen LogP contribution in [-0.2, 0) is 4.79 Å². The maximum atomic E-state index is 10.5. The van der Waals surface area contributed by atoms with E-state index in [0.29, 0.717) is 6.54 Å². The standard InChI is InChI=1S/C10H12N2O2/c13-10(14)5-7-6-11-8-3-1-2-4-9(8)12-7/h1-4,7,11-12H,5-6H2,(H,13,14). The molecule has 0 aliphatic carbocycles. The molecule has 0 saturated carbocycles. The van der Waals surface area contributed by atoms with Gasteiger partial charge in [0.05, 0.1) is 23.8 Å². The predicted octanol–water partition coefficient (Wildman–Crippen LogP) is 1.37. The molecule has 14 heavy (non-hydrogen) atoms. The summed E-state index contributed by atoms with van der Waals surface area (Å²) in [5.74, 6) is -0.774. The number of para-hydroxylation sites is 2. The minimum atomic E-state index is -0.774. The summed E-state index contributed by atoms with van der Waals surface area (Å²) >= 11 is 0. The normalized spacial score (nSPS) is 19.0. The number of nitrogens with one attached hydrogen (secondary N) is 2. The molecule has 0 fully saturated rings. The molecule has 74 valence electrons. The van der Waals surface area contributed by atoms with E-state index >= 15 is 0 Å². The van der Waals surface area contributed by atoms with E-state index in [1.54, 1.807) is 0 Å². The van der Waals surface area contributed by atoms with Crippen molar-refractivity contribution in [2.75, 3.05) is 17.2 Å². The van der Waals surface area contributed by atoms with Gasteiger partial charge in [-0.2, -0.15) is 0 Å². The van der Waals surface area contributed by atoms with Crippen molar-refractivity contribution in [2.24, 2.45) is 0 Å². The molecule has 1 atom stereocenters. The van der Waals surface area contributed by atoms with Gasteiger partial charge in [0.2, 0.25) is 0 Å². The van der Waals surface area contributed by atoms with Gasteiger partial charge in [-0.05, 0) is 12.1 Å². The summed E-state index contributed by atoms with van der Waals surface area (Å²) in [6.07, 6.45) is 0.140. The average molecular weight is 192 g/mol. The van der Waals surface area contributed by atoms with E-state index in [9.17, 15) is 4.79 Å². The smallest absolute Gasteiger partial charge is 0.305 e. The van der Waals surface area contributed by atoms with Crippen LogP contribution in [-0.4, -0.2) is 23.7 Å². The van der Waals surface area contributed by atoms with E-state index in [1.165, 1.54) is 0 Å². The van der Waals surface area contributed by atoms with Crippen LogP contribution in [0, 0.1) is 0 Å². The lowest BCUT2D eigenvalue weighted by atomic mass is 10.1. The van der Waals surface area contributed by atoms with E-state index in [2.05, 4.69) is 10.6 Å². The third-order valence-electron chi connectivity index (χ3n) is 2.25. The van der Waals surface area contributed by atoms with Crippen molar-refractivity contribution < 1.29 is 9.90 Å². The zero-order valence-corrected chi connectivity index (χ0v) is 7.66. The molecule has 1 unspecified atom stereocenters. The summed E-state index contributed by atoms with van der Waals surface area (Å²) in [5, 5.41) is 15.0. The van der Waals surface area contributed by atoms with Gasteiger partial charge >= 0.3 is 5.97 Å². The van der Waals surface area contributed by atoms with Gasteiger partial charge in [0.15, 0.2) is 0 Å². The Balaban J connectivity index is 2.09. The first-order valence-corrected chi connectivity index (χ1v) is 4.57. The lowest BCUT2D eigenvalue weighted by Gasteiger charge is -2.27. The monoisotopic (exact) mass is 192 g/mol. The van der Waals surface area contributed by atoms with Crippen LogP contribution in [0.4, 0.5) is 11.4 Å². The Labute approximate surface area is 81.9 Å². The third kappa shape index (κ3) is 1.79. The highest BCUT2D eigenvalue weighted by molar-refractivity contribution is 5.74. The van der Waals surface area contributed by atoms with Crippen LogP contribution in [0.2, 0.25) is 0 Å². The SMILES string of the molecule is O=C(O)CC1CNc2ccccc2N1. The second-order valence-corrected chi connectivity index (χ2v) is 3.37. The van der Waals surface area contributed by atoms with Gasteiger partial charge in [0.25, 0.3) is 0 Å². The van der Waals surface area contributed by atoms with Crippen LogP contribution >= 0.6 is 0 Å². The largest absolute Gasteiger partial charge is 0.481 e. The minimum absolute atomic E-state index is 0.0256. The molecule has 0 amide bonds. The van der Waals surface area contributed by atoms with Gasteiger partial charge in [-0.25, -0.2) is 0 Å². The van der Waals surface area contributed by atoms with Crippen LogP contribution in [0.5, 0.6) is 0 Å². The number of carboxylic acid groups (broad SMARTS) is 1. The fourth-order valence-electron chi connectivity index (χ4n) is 1.60. The molecule has 1 aliphatic rings. The molecule has 1 aromatic rings. The van der Waals surface area contributed by atoms with Crippen molar-refractivity contribution in [2.45, 2.75) is 12.5 Å². The molecule has 4 heteroatoms. The highest BCUT2D eigenvalue weighted by Crippen LogP contribution is 2.25. The highest BCUT2D eigenvalue weighted by atomic mass is 16.4. The molecule has 4 nitrogen and oxygen atoms in total. The van der Waals surface area contributed by atoms with Crippen molar-refractivity contribution in [3.63, 3.8) is 0 Å². The van der Waals surface area contributed by atoms with E-state index in [1.807, 2.05) is 24.3 Å². The second kappa shape index (κ2) is 3.57. The number of carboxylic acids is 1. The van der Waals surface area contributed by atoms with Crippen LogP contribution in [0.15, 0.2) is 24.3 Å². The van der Waals surface area contributed by atoms with Crippen molar-refractivity contribution in [1.82, 2.24) is 0 Å². The number of hydrogen-bond donors (Lipinski definition) is 3. The average Bonchev–Trinajstić information content (AvgIpc) is 2.17. The van der Waals surface area contributed by atoms with Gasteiger partial charge < -0.3 is 15.7 Å². The fourth-order valence-corrected chi connectivity index (χ4v) is 1.60. The van der Waals surface area contributed by atoms with Crippen LogP contribution in [0.3, 0.4) is 0 Å². The molecule has 0 aromatic heterocycles. The number of benzene rings is 1. The molecule has 0 radical (unpaired) electrons. The van der Waals surface area contributed by atoms with Crippen LogP contribution in [0.1, 0.15) is 6.42 Å².